The number of nitrogens with two attached hydrogens (primary N) is 1. The monoisotopic (exact) mass is 435 g/mol. The van der Waals surface area contributed by atoms with E-state index in [-0.39, 0.29) is 34.0 Å². The second-order valence-electron chi connectivity index (χ2n) is 7.62. The van der Waals surface area contributed by atoms with Crippen LogP contribution >= 0.6 is 11.3 Å². The average Bonchev–Trinajstić information content (AvgIpc) is 3.42. The van der Waals surface area contributed by atoms with Gasteiger partial charge in [0.25, 0.3) is 0 Å². The van der Waals surface area contributed by atoms with Crippen LogP contribution in [-0.4, -0.2) is 32.0 Å². The topological polar surface area (TPSA) is 137 Å². The molecule has 4 aromatic rings. The summed E-state index contributed by atoms with van der Waals surface area (Å²) in [6.45, 7) is 5.31. The summed E-state index contributed by atoms with van der Waals surface area (Å²) in [5, 5.41) is 11.3. The van der Waals surface area contributed by atoms with E-state index in [0.717, 1.165) is 11.3 Å². The number of nitrogen functional groups attached to an aromatic ring is 1. The lowest BCUT2D eigenvalue weighted by Gasteiger charge is -2.19. The molecule has 4 rings (SSSR count). The number of thiazole rings is 1. The van der Waals surface area contributed by atoms with E-state index >= 15 is 0 Å². The molecule has 31 heavy (non-hydrogen) atoms. The van der Waals surface area contributed by atoms with Gasteiger partial charge in [0.2, 0.25) is 23.3 Å². The minimum atomic E-state index is -0.684. The maximum Gasteiger partial charge on any atom is 0.419 e. The average molecular weight is 435 g/mol. The molecule has 9 nitrogen and oxygen atoms in total. The third-order valence-electron chi connectivity index (χ3n) is 4.22. The van der Waals surface area contributed by atoms with Gasteiger partial charge >= 0.3 is 6.09 Å². The maximum atomic E-state index is 13.2. The highest BCUT2D eigenvalue weighted by Crippen LogP contribution is 2.29. The van der Waals surface area contributed by atoms with Crippen LogP contribution in [0.3, 0.4) is 0 Å². The van der Waals surface area contributed by atoms with E-state index in [1.54, 1.807) is 50.4 Å². The van der Waals surface area contributed by atoms with Crippen LogP contribution in [0, 0.1) is 11.3 Å². The number of para-hydroxylation sites is 1. The molecule has 0 fully saturated rings. The second kappa shape index (κ2) is 7.37. The second-order valence-corrected chi connectivity index (χ2v) is 8.48. The van der Waals surface area contributed by atoms with Gasteiger partial charge in [0, 0.05) is 17.0 Å². The summed E-state index contributed by atoms with van der Waals surface area (Å²) in [7, 11) is 0. The minimum absolute atomic E-state index is 0.0451. The van der Waals surface area contributed by atoms with E-state index < -0.39 is 11.7 Å². The largest absolute Gasteiger partial charge is 0.443 e. The number of ether oxygens (including phenoxy) is 1. The fraction of sp³-hybridized carbons (Fsp3) is 0.190. The first-order valence-electron chi connectivity index (χ1n) is 9.18. The molecule has 0 aliphatic heterocycles. The number of hydrogen-bond donors (Lipinski definition) is 1. The standard InChI is InChI=1S/C21H17N5O4S/c1-21(2,3)30-20(28)26-9-12(11-6-4-5-7-15(11)26)16(27)19-25-14(10-31-19)18-24-13(8-22)17(23)29-18/h4-7,9-10H,23H2,1-3H3. The molecule has 0 saturated heterocycles. The summed E-state index contributed by atoms with van der Waals surface area (Å²) in [4.78, 5) is 34.1. The van der Waals surface area contributed by atoms with Crippen LogP contribution in [0.25, 0.3) is 22.5 Å². The molecule has 1 aromatic carbocycles. The van der Waals surface area contributed by atoms with Gasteiger partial charge in [-0.15, -0.1) is 11.3 Å². The predicted molar refractivity (Wildman–Crippen MR) is 114 cm³/mol. The molecule has 0 aliphatic carbocycles. The van der Waals surface area contributed by atoms with Gasteiger partial charge < -0.3 is 14.9 Å². The van der Waals surface area contributed by atoms with Crippen LogP contribution in [0.2, 0.25) is 0 Å². The van der Waals surface area contributed by atoms with Crippen molar-refractivity contribution in [2.24, 2.45) is 0 Å². The first-order chi connectivity index (χ1) is 14.7. The third-order valence-corrected chi connectivity index (χ3v) is 5.06. The molecule has 10 heteroatoms. The zero-order valence-corrected chi connectivity index (χ0v) is 17.7. The Morgan fingerprint density at radius 2 is 2.00 bits per heavy atom. The number of hydrogen-bond acceptors (Lipinski definition) is 9. The molecule has 0 amide bonds. The number of anilines is 1. The molecular formula is C21H17N5O4S. The lowest BCUT2D eigenvalue weighted by molar-refractivity contribution is 0.0544. The van der Waals surface area contributed by atoms with Crippen molar-refractivity contribution in [1.29, 1.82) is 5.26 Å². The van der Waals surface area contributed by atoms with E-state index in [4.69, 9.17) is 20.1 Å². The highest BCUT2D eigenvalue weighted by molar-refractivity contribution is 7.12. The Morgan fingerprint density at radius 1 is 1.26 bits per heavy atom. The number of nitriles is 1. The van der Waals surface area contributed by atoms with Crippen molar-refractivity contribution in [2.75, 3.05) is 5.73 Å². The lowest BCUT2D eigenvalue weighted by atomic mass is 10.1. The zero-order chi connectivity index (χ0) is 22.3. The molecule has 0 radical (unpaired) electrons. The Bertz CT molecular complexity index is 1370. The van der Waals surface area contributed by atoms with Gasteiger partial charge in [0.1, 0.15) is 17.4 Å². The molecule has 3 heterocycles. The highest BCUT2D eigenvalue weighted by atomic mass is 32.1. The van der Waals surface area contributed by atoms with Crippen LogP contribution in [-0.2, 0) is 4.74 Å². The fourth-order valence-electron chi connectivity index (χ4n) is 2.94. The molecule has 2 N–H and O–H groups in total. The lowest BCUT2D eigenvalue weighted by Crippen LogP contribution is -2.26. The highest BCUT2D eigenvalue weighted by Gasteiger charge is 2.25. The van der Waals surface area contributed by atoms with E-state index in [0.29, 0.717) is 16.5 Å². The zero-order valence-electron chi connectivity index (χ0n) is 16.9. The van der Waals surface area contributed by atoms with Gasteiger partial charge in [0.15, 0.2) is 5.01 Å². The van der Waals surface area contributed by atoms with Crippen molar-refractivity contribution in [3.8, 4) is 17.7 Å². The van der Waals surface area contributed by atoms with Crippen molar-refractivity contribution >= 4 is 40.0 Å². The Balaban J connectivity index is 1.73. The first kappa shape index (κ1) is 20.3. The van der Waals surface area contributed by atoms with E-state index in [9.17, 15) is 9.59 Å². The van der Waals surface area contributed by atoms with Crippen LogP contribution in [0.1, 0.15) is 41.8 Å². The van der Waals surface area contributed by atoms with Crippen LogP contribution in [0.5, 0.6) is 0 Å². The van der Waals surface area contributed by atoms with Crippen molar-refractivity contribution in [3.05, 3.63) is 52.1 Å². The summed E-state index contributed by atoms with van der Waals surface area (Å²) in [5.41, 5.74) is 6.02. The number of rotatable bonds is 3. The Labute approximate surface area is 180 Å². The molecule has 156 valence electrons. The number of carbonyl (C=O) groups is 2. The Morgan fingerprint density at radius 3 is 2.68 bits per heavy atom. The first-order valence-corrected chi connectivity index (χ1v) is 10.1. The van der Waals surface area contributed by atoms with Gasteiger partial charge in [-0.25, -0.2) is 9.78 Å². The van der Waals surface area contributed by atoms with Crippen molar-refractivity contribution in [2.45, 2.75) is 26.4 Å². The third kappa shape index (κ3) is 3.78. The fourth-order valence-corrected chi connectivity index (χ4v) is 3.68. The molecule has 0 spiro atoms. The van der Waals surface area contributed by atoms with Gasteiger partial charge in [-0.05, 0) is 26.8 Å². The summed E-state index contributed by atoms with van der Waals surface area (Å²) in [5.74, 6) is -0.422. The predicted octanol–water partition coefficient (Wildman–Crippen LogP) is 4.22. The van der Waals surface area contributed by atoms with Crippen LogP contribution in [0.15, 0.2) is 40.3 Å². The quantitative estimate of drug-likeness (QED) is 0.472. The minimum Gasteiger partial charge on any atom is -0.443 e. The van der Waals surface area contributed by atoms with E-state index in [1.165, 1.54) is 10.8 Å². The summed E-state index contributed by atoms with van der Waals surface area (Å²) in [6, 6.07) is 8.88. The number of fused-ring (bicyclic) bond motifs is 1. The number of ketones is 1. The Hall–Kier alpha value is -3.97. The van der Waals surface area contributed by atoms with Crippen molar-refractivity contribution in [3.63, 3.8) is 0 Å². The number of carbonyl (C=O) groups excluding carboxylic acids is 2. The van der Waals surface area contributed by atoms with Gasteiger partial charge in [-0.1, -0.05) is 18.2 Å². The van der Waals surface area contributed by atoms with Gasteiger partial charge in [0.05, 0.1) is 11.1 Å². The van der Waals surface area contributed by atoms with E-state index in [1.807, 2.05) is 6.07 Å². The van der Waals surface area contributed by atoms with Crippen LogP contribution in [0.4, 0.5) is 10.7 Å². The molecule has 0 saturated carbocycles. The number of benzene rings is 1. The van der Waals surface area contributed by atoms with Crippen molar-refractivity contribution < 1.29 is 18.7 Å². The van der Waals surface area contributed by atoms with Crippen molar-refractivity contribution in [1.82, 2.24) is 14.5 Å². The maximum absolute atomic E-state index is 13.2. The smallest absolute Gasteiger partial charge is 0.419 e. The summed E-state index contributed by atoms with van der Waals surface area (Å²) in [6.07, 6.45) is 0.876. The summed E-state index contributed by atoms with van der Waals surface area (Å²) >= 11 is 1.10. The molecule has 3 aromatic heterocycles. The van der Waals surface area contributed by atoms with Gasteiger partial charge in [-0.3, -0.25) is 9.36 Å². The Kier molecular flexibility index (Phi) is 4.83. The number of nitrogens with zero attached hydrogens (tertiary/aromatic N) is 4. The number of oxazole rings is 1. The summed E-state index contributed by atoms with van der Waals surface area (Å²) < 4.78 is 12.0. The van der Waals surface area contributed by atoms with E-state index in [2.05, 4.69) is 9.97 Å². The molecule has 0 bridgehead atoms. The molecular weight excluding hydrogens is 418 g/mol. The van der Waals surface area contributed by atoms with Gasteiger partial charge in [-0.2, -0.15) is 10.2 Å². The molecule has 0 unspecified atom stereocenters. The molecule has 0 atom stereocenters. The number of aromatic nitrogens is 3. The normalized spacial score (nSPS) is 11.4. The van der Waals surface area contributed by atoms with Crippen LogP contribution < -0.4 is 5.73 Å². The SMILES string of the molecule is CC(C)(C)OC(=O)n1cc(C(=O)c2nc(-c3nc(C#N)c(N)o3)cs2)c2ccccc21. The molecule has 0 aliphatic rings.